The van der Waals surface area contributed by atoms with E-state index in [1.165, 1.54) is 0 Å². The van der Waals surface area contributed by atoms with Crippen LogP contribution >= 0.6 is 15.9 Å². The van der Waals surface area contributed by atoms with Gasteiger partial charge in [-0.2, -0.15) is 0 Å². The van der Waals surface area contributed by atoms with E-state index < -0.39 is 0 Å². The number of nitrogens with one attached hydrogen (secondary N) is 1. The Morgan fingerprint density at radius 1 is 1.50 bits per heavy atom. The van der Waals surface area contributed by atoms with Crippen molar-refractivity contribution in [3.8, 4) is 0 Å². The molecule has 1 aromatic rings. The van der Waals surface area contributed by atoms with Crippen molar-refractivity contribution in [2.75, 3.05) is 6.54 Å². The highest BCUT2D eigenvalue weighted by Crippen LogP contribution is 2.30. The first-order valence-electron chi connectivity index (χ1n) is 4.87. The molecule has 0 bridgehead atoms. The van der Waals surface area contributed by atoms with E-state index in [2.05, 4.69) is 21.2 Å². The van der Waals surface area contributed by atoms with Gasteiger partial charge >= 0.3 is 0 Å². The molecule has 76 valence electrons. The van der Waals surface area contributed by atoms with Gasteiger partial charge in [0.2, 0.25) is 0 Å². The molecular formula is C11H13BrFN. The summed E-state index contributed by atoms with van der Waals surface area (Å²) < 4.78 is 14.3. The summed E-state index contributed by atoms with van der Waals surface area (Å²) in [5.41, 5.74) is 1.90. The Balaban J connectivity index is 2.40. The molecule has 3 heteroatoms. The minimum atomic E-state index is -0.116. The Morgan fingerprint density at radius 3 is 2.93 bits per heavy atom. The first-order chi connectivity index (χ1) is 6.68. The van der Waals surface area contributed by atoms with Crippen molar-refractivity contribution in [3.63, 3.8) is 0 Å². The largest absolute Gasteiger partial charge is 0.310 e. The predicted molar refractivity (Wildman–Crippen MR) is 58.8 cm³/mol. The molecule has 0 aromatic heterocycles. The average Bonchev–Trinajstić information content (AvgIpc) is 2.63. The van der Waals surface area contributed by atoms with Gasteiger partial charge in [-0.25, -0.2) is 4.39 Å². The first-order valence-corrected chi connectivity index (χ1v) is 5.66. The second-order valence-electron chi connectivity index (χ2n) is 3.80. The van der Waals surface area contributed by atoms with Crippen molar-refractivity contribution in [2.45, 2.75) is 25.8 Å². The molecule has 1 nitrogen and oxygen atoms in total. The SMILES string of the molecule is Cc1cc(Br)c(F)c([C@H]2CCCN2)c1. The molecule has 0 unspecified atom stereocenters. The lowest BCUT2D eigenvalue weighted by Gasteiger charge is -2.13. The van der Waals surface area contributed by atoms with Crippen molar-refractivity contribution in [3.05, 3.63) is 33.5 Å². The van der Waals surface area contributed by atoms with Crippen LogP contribution in [0.5, 0.6) is 0 Å². The van der Waals surface area contributed by atoms with Crippen LogP contribution in [0.15, 0.2) is 16.6 Å². The second kappa shape index (κ2) is 3.99. The Bertz CT molecular complexity index is 345. The molecule has 1 aromatic carbocycles. The van der Waals surface area contributed by atoms with Crippen LogP contribution in [-0.4, -0.2) is 6.54 Å². The fraction of sp³-hybridized carbons (Fsp3) is 0.455. The molecule has 1 aliphatic rings. The summed E-state index contributed by atoms with van der Waals surface area (Å²) in [5, 5.41) is 3.31. The predicted octanol–water partition coefficient (Wildman–Crippen LogP) is 3.32. The monoisotopic (exact) mass is 257 g/mol. The van der Waals surface area contributed by atoms with Gasteiger partial charge < -0.3 is 5.32 Å². The average molecular weight is 258 g/mol. The van der Waals surface area contributed by atoms with Gasteiger partial charge in [0, 0.05) is 11.6 Å². The minimum absolute atomic E-state index is 0.116. The second-order valence-corrected chi connectivity index (χ2v) is 4.65. The maximum Gasteiger partial charge on any atom is 0.142 e. The number of halogens is 2. The maximum absolute atomic E-state index is 13.7. The van der Waals surface area contributed by atoms with Gasteiger partial charge in [-0.1, -0.05) is 6.07 Å². The zero-order valence-corrected chi connectivity index (χ0v) is 9.70. The molecule has 1 heterocycles. The molecule has 0 aliphatic carbocycles. The summed E-state index contributed by atoms with van der Waals surface area (Å²) in [7, 11) is 0. The van der Waals surface area contributed by atoms with Crippen LogP contribution in [0.4, 0.5) is 4.39 Å². The summed E-state index contributed by atoms with van der Waals surface area (Å²) in [4.78, 5) is 0. The fourth-order valence-electron chi connectivity index (χ4n) is 1.96. The summed E-state index contributed by atoms with van der Waals surface area (Å²) in [5.74, 6) is -0.116. The molecule has 0 spiro atoms. The lowest BCUT2D eigenvalue weighted by atomic mass is 10.0. The van der Waals surface area contributed by atoms with E-state index in [9.17, 15) is 4.39 Å². The molecule has 1 N–H and O–H groups in total. The van der Waals surface area contributed by atoms with Crippen molar-refractivity contribution in [1.29, 1.82) is 0 Å². The van der Waals surface area contributed by atoms with E-state index in [4.69, 9.17) is 0 Å². The zero-order valence-electron chi connectivity index (χ0n) is 8.11. The molecule has 0 saturated carbocycles. The number of benzene rings is 1. The van der Waals surface area contributed by atoms with Crippen molar-refractivity contribution in [2.24, 2.45) is 0 Å². The summed E-state index contributed by atoms with van der Waals surface area (Å²) in [6.45, 7) is 2.98. The Morgan fingerprint density at radius 2 is 2.29 bits per heavy atom. The van der Waals surface area contributed by atoms with Crippen LogP contribution in [0.25, 0.3) is 0 Å². The van der Waals surface area contributed by atoms with Crippen molar-refractivity contribution < 1.29 is 4.39 Å². The summed E-state index contributed by atoms with van der Waals surface area (Å²) >= 11 is 3.24. The van der Waals surface area contributed by atoms with Crippen LogP contribution in [0.2, 0.25) is 0 Å². The van der Waals surface area contributed by atoms with Gasteiger partial charge in [0.25, 0.3) is 0 Å². The standard InChI is InChI=1S/C11H13BrFN/c1-7-5-8(10-3-2-4-14-10)11(13)9(12)6-7/h5-6,10,14H,2-4H2,1H3/t10-/m1/s1. The third-order valence-corrected chi connectivity index (χ3v) is 3.21. The van der Waals surface area contributed by atoms with Gasteiger partial charge in [0.05, 0.1) is 4.47 Å². The Labute approximate surface area is 91.8 Å². The smallest absolute Gasteiger partial charge is 0.142 e. The maximum atomic E-state index is 13.7. The molecule has 1 aliphatic heterocycles. The normalized spacial score (nSPS) is 21.5. The van der Waals surface area contributed by atoms with E-state index in [1.807, 2.05) is 19.1 Å². The van der Waals surface area contributed by atoms with Crippen LogP contribution in [-0.2, 0) is 0 Å². The number of aryl methyl sites for hydroxylation is 1. The zero-order chi connectivity index (χ0) is 10.1. The van der Waals surface area contributed by atoms with Gasteiger partial charge in [0.1, 0.15) is 5.82 Å². The third-order valence-electron chi connectivity index (χ3n) is 2.64. The number of hydrogen-bond acceptors (Lipinski definition) is 1. The highest BCUT2D eigenvalue weighted by molar-refractivity contribution is 9.10. The lowest BCUT2D eigenvalue weighted by Crippen LogP contribution is -2.14. The fourth-order valence-corrected chi connectivity index (χ4v) is 2.55. The minimum Gasteiger partial charge on any atom is -0.310 e. The Hall–Kier alpha value is -0.410. The number of hydrogen-bond donors (Lipinski definition) is 1. The van der Waals surface area contributed by atoms with Gasteiger partial charge in [-0.3, -0.25) is 0 Å². The van der Waals surface area contributed by atoms with E-state index >= 15 is 0 Å². The topological polar surface area (TPSA) is 12.0 Å². The highest BCUT2D eigenvalue weighted by Gasteiger charge is 2.20. The van der Waals surface area contributed by atoms with Crippen LogP contribution < -0.4 is 5.32 Å². The molecule has 1 fully saturated rings. The quantitative estimate of drug-likeness (QED) is 0.814. The van der Waals surface area contributed by atoms with Crippen molar-refractivity contribution >= 4 is 15.9 Å². The van der Waals surface area contributed by atoms with Crippen LogP contribution in [0.1, 0.15) is 30.0 Å². The van der Waals surface area contributed by atoms with E-state index in [0.29, 0.717) is 4.47 Å². The molecule has 0 radical (unpaired) electrons. The van der Waals surface area contributed by atoms with Crippen molar-refractivity contribution in [1.82, 2.24) is 5.32 Å². The molecule has 2 rings (SSSR count). The molecule has 14 heavy (non-hydrogen) atoms. The van der Waals surface area contributed by atoms with E-state index in [-0.39, 0.29) is 11.9 Å². The van der Waals surface area contributed by atoms with Gasteiger partial charge in [0.15, 0.2) is 0 Å². The summed E-state index contributed by atoms with van der Waals surface area (Å²) in [6.07, 6.45) is 2.17. The summed E-state index contributed by atoms with van der Waals surface area (Å²) in [6, 6.07) is 3.95. The molecule has 1 atom stereocenters. The molecule has 0 amide bonds. The van der Waals surface area contributed by atoms with Crippen LogP contribution in [0, 0.1) is 12.7 Å². The lowest BCUT2D eigenvalue weighted by molar-refractivity contribution is 0.553. The molecule has 1 saturated heterocycles. The van der Waals surface area contributed by atoms with Gasteiger partial charge in [-0.05, 0) is 53.9 Å². The van der Waals surface area contributed by atoms with E-state index in [1.54, 1.807) is 0 Å². The highest BCUT2D eigenvalue weighted by atomic mass is 79.9. The first kappa shape index (κ1) is 10.1. The third kappa shape index (κ3) is 1.84. The van der Waals surface area contributed by atoms with E-state index in [0.717, 1.165) is 30.5 Å². The molecular weight excluding hydrogens is 245 g/mol. The Kier molecular flexibility index (Phi) is 2.88. The van der Waals surface area contributed by atoms with Crippen LogP contribution in [0.3, 0.4) is 0 Å². The number of rotatable bonds is 1. The van der Waals surface area contributed by atoms with Gasteiger partial charge in [-0.15, -0.1) is 0 Å².